The van der Waals surface area contributed by atoms with Gasteiger partial charge in [0, 0.05) is 0 Å². The van der Waals surface area contributed by atoms with Crippen LogP contribution in [0.3, 0.4) is 0 Å². The first kappa shape index (κ1) is 22.3. The van der Waals surface area contributed by atoms with E-state index in [0.29, 0.717) is 6.61 Å². The van der Waals surface area contributed by atoms with Crippen LogP contribution in [0.5, 0.6) is 0 Å². The molecule has 0 aliphatic carbocycles. The van der Waals surface area contributed by atoms with E-state index in [-0.39, 0.29) is 29.5 Å². The van der Waals surface area contributed by atoms with Crippen molar-refractivity contribution in [2.75, 3.05) is 6.61 Å². The third-order valence-electron chi connectivity index (χ3n) is 3.64. The first-order valence-electron chi connectivity index (χ1n) is 8.42. The Morgan fingerprint density at radius 1 is 0.800 bits per heavy atom. The minimum atomic E-state index is 0. The minimum absolute atomic E-state index is 0. The van der Waals surface area contributed by atoms with E-state index in [1.165, 1.54) is 32.1 Å². The van der Waals surface area contributed by atoms with E-state index in [1.54, 1.807) is 0 Å². The maximum atomic E-state index is 12.1. The zero-order valence-electron chi connectivity index (χ0n) is 13.4. The first-order valence-corrected chi connectivity index (χ1v) is 8.42. The third-order valence-corrected chi connectivity index (χ3v) is 3.64. The molecule has 0 aromatic heterocycles. The van der Waals surface area contributed by atoms with Gasteiger partial charge in [0.25, 0.3) is 0 Å². The number of esters is 1. The summed E-state index contributed by atoms with van der Waals surface area (Å²) in [6.45, 7) is 7.19. The molecule has 122 valence electrons. The molecule has 3 heteroatoms. The van der Waals surface area contributed by atoms with Crippen LogP contribution in [0.1, 0.15) is 91.4 Å². The van der Waals surface area contributed by atoms with Crippen molar-refractivity contribution in [3.8, 4) is 0 Å². The Kier molecular flexibility index (Phi) is 19.0. The monoisotopic (exact) mass is 348 g/mol. The predicted molar refractivity (Wildman–Crippen MR) is 93.6 cm³/mol. The van der Waals surface area contributed by atoms with Crippen molar-refractivity contribution in [2.45, 2.75) is 91.4 Å². The van der Waals surface area contributed by atoms with Crippen molar-refractivity contribution in [3.05, 3.63) is 0 Å². The molecule has 0 aromatic carbocycles. The Hall–Kier alpha value is 0.0129. The molecule has 0 saturated carbocycles. The molecule has 0 aliphatic rings. The van der Waals surface area contributed by atoms with Crippen LogP contribution in [-0.2, 0) is 9.53 Å². The van der Waals surface area contributed by atoms with Crippen molar-refractivity contribution in [1.29, 1.82) is 0 Å². The van der Waals surface area contributed by atoms with Crippen LogP contribution in [0.2, 0.25) is 0 Å². The summed E-state index contributed by atoms with van der Waals surface area (Å²) in [6.07, 6.45) is 12.6. The van der Waals surface area contributed by atoms with E-state index >= 15 is 0 Å². The second kappa shape index (κ2) is 17.1. The SMILES string of the molecule is CCCCCOC(=O)C(CCCCC)CCCCC.[GeH4]. The van der Waals surface area contributed by atoms with Gasteiger partial charge in [0.2, 0.25) is 0 Å². The van der Waals surface area contributed by atoms with E-state index in [0.717, 1.165) is 38.5 Å². The summed E-state index contributed by atoms with van der Waals surface area (Å²) in [7, 11) is 0. The van der Waals surface area contributed by atoms with E-state index < -0.39 is 0 Å². The van der Waals surface area contributed by atoms with Gasteiger partial charge in [-0.1, -0.05) is 72.1 Å². The summed E-state index contributed by atoms with van der Waals surface area (Å²) in [4.78, 5) is 12.1. The number of hydrogen-bond donors (Lipinski definition) is 0. The van der Waals surface area contributed by atoms with E-state index in [4.69, 9.17) is 4.74 Å². The summed E-state index contributed by atoms with van der Waals surface area (Å²) in [5.74, 6) is 0.211. The number of unbranched alkanes of at least 4 members (excludes halogenated alkanes) is 6. The summed E-state index contributed by atoms with van der Waals surface area (Å²) >= 11 is 0. The van der Waals surface area contributed by atoms with Crippen LogP contribution in [-0.4, -0.2) is 30.2 Å². The Morgan fingerprint density at radius 2 is 1.25 bits per heavy atom. The van der Waals surface area contributed by atoms with Gasteiger partial charge >= 0.3 is 23.6 Å². The van der Waals surface area contributed by atoms with Crippen molar-refractivity contribution in [2.24, 2.45) is 5.92 Å². The summed E-state index contributed by atoms with van der Waals surface area (Å²) in [6, 6.07) is 0. The Labute approximate surface area is 137 Å². The Morgan fingerprint density at radius 3 is 1.70 bits per heavy atom. The molecule has 0 aliphatic heterocycles. The molecule has 0 saturated heterocycles. The molecule has 0 aromatic rings. The molecule has 20 heavy (non-hydrogen) atoms. The van der Waals surface area contributed by atoms with Gasteiger partial charge < -0.3 is 4.74 Å². The maximum absolute atomic E-state index is 12.1. The number of hydrogen-bond acceptors (Lipinski definition) is 2. The molecule has 0 fully saturated rings. The van der Waals surface area contributed by atoms with E-state index in [2.05, 4.69) is 20.8 Å². The molecule has 2 nitrogen and oxygen atoms in total. The molecule has 0 heterocycles. The predicted octanol–water partition coefficient (Wildman–Crippen LogP) is 4.05. The van der Waals surface area contributed by atoms with Crippen LogP contribution in [0.25, 0.3) is 0 Å². The van der Waals surface area contributed by atoms with Crippen LogP contribution in [0, 0.1) is 5.92 Å². The number of ether oxygens (including phenoxy) is 1. The third kappa shape index (κ3) is 13.0. The van der Waals surface area contributed by atoms with Crippen molar-refractivity contribution >= 4 is 23.6 Å². The summed E-state index contributed by atoms with van der Waals surface area (Å²) in [5.41, 5.74) is 0. The Balaban J connectivity index is 0. The van der Waals surface area contributed by atoms with Crippen molar-refractivity contribution in [1.82, 2.24) is 0 Å². The fourth-order valence-corrected chi connectivity index (χ4v) is 2.30. The van der Waals surface area contributed by atoms with Crippen LogP contribution in [0.4, 0.5) is 0 Å². The second-order valence-electron chi connectivity index (χ2n) is 5.56. The van der Waals surface area contributed by atoms with Gasteiger partial charge in [-0.05, 0) is 19.3 Å². The number of carbonyl (C=O) groups excluding carboxylic acids is 1. The average molecular weight is 347 g/mol. The molecule has 0 radical (unpaired) electrons. The average Bonchev–Trinajstić information content (AvgIpc) is 2.42. The van der Waals surface area contributed by atoms with Gasteiger partial charge in [-0.3, -0.25) is 4.79 Å². The molecule has 0 atom stereocenters. The zero-order chi connectivity index (χ0) is 14.3. The second-order valence-corrected chi connectivity index (χ2v) is 5.56. The molecule has 0 N–H and O–H groups in total. The fraction of sp³-hybridized carbons (Fsp3) is 0.941. The summed E-state index contributed by atoms with van der Waals surface area (Å²) < 4.78 is 5.43. The molecular weight excluding hydrogens is 309 g/mol. The van der Waals surface area contributed by atoms with Crippen molar-refractivity contribution in [3.63, 3.8) is 0 Å². The quantitative estimate of drug-likeness (QED) is 0.286. The fourth-order valence-electron chi connectivity index (χ4n) is 2.30. The number of carbonyl (C=O) groups is 1. The molecule has 0 unspecified atom stereocenters. The normalized spacial score (nSPS) is 10.4. The molecular formula is C17H38GeO2. The van der Waals surface area contributed by atoms with Gasteiger partial charge in [0.1, 0.15) is 0 Å². The number of rotatable bonds is 13. The van der Waals surface area contributed by atoms with Crippen LogP contribution in [0.15, 0.2) is 0 Å². The molecule has 0 spiro atoms. The van der Waals surface area contributed by atoms with Gasteiger partial charge in [-0.25, -0.2) is 0 Å². The topological polar surface area (TPSA) is 26.3 Å². The van der Waals surface area contributed by atoms with Gasteiger partial charge in [0.05, 0.1) is 12.5 Å². The van der Waals surface area contributed by atoms with Crippen molar-refractivity contribution < 1.29 is 9.53 Å². The standard InChI is InChI=1S/C17H34O2.GeH4/c1-4-7-10-13-16(14-11-8-5-2)17(18)19-15-12-9-6-3;/h16H,4-15H2,1-3H3;1H4. The summed E-state index contributed by atoms with van der Waals surface area (Å²) in [5, 5.41) is 0. The zero-order valence-corrected chi connectivity index (χ0v) is 13.4. The van der Waals surface area contributed by atoms with Gasteiger partial charge in [0.15, 0.2) is 0 Å². The Bertz CT molecular complexity index is 197. The van der Waals surface area contributed by atoms with Crippen LogP contribution < -0.4 is 0 Å². The molecule has 0 rings (SSSR count). The molecule has 0 bridgehead atoms. The first-order chi connectivity index (χ1) is 9.26. The van der Waals surface area contributed by atoms with Gasteiger partial charge in [-0.15, -0.1) is 0 Å². The molecule has 0 amide bonds. The van der Waals surface area contributed by atoms with Gasteiger partial charge in [-0.2, -0.15) is 0 Å². The van der Waals surface area contributed by atoms with E-state index in [1.807, 2.05) is 0 Å². The van der Waals surface area contributed by atoms with E-state index in [9.17, 15) is 4.79 Å². The van der Waals surface area contributed by atoms with Crippen LogP contribution >= 0.6 is 0 Å².